The largest absolute Gasteiger partial charge is 0.462 e. The fourth-order valence-electron chi connectivity index (χ4n) is 8.34. The highest BCUT2D eigenvalue weighted by molar-refractivity contribution is 5.70. The van der Waals surface area contributed by atoms with Crippen LogP contribution in [-0.4, -0.2) is 36.4 Å². The Kier molecular flexibility index (Phi) is 51.8. The molecule has 0 saturated carbocycles. The van der Waals surface area contributed by atoms with E-state index in [1.807, 2.05) is 0 Å². The number of ether oxygens (including phenoxy) is 2. The number of carbonyl (C=O) groups is 2. The molecule has 0 aromatic carbocycles. The van der Waals surface area contributed by atoms with Crippen LogP contribution < -0.4 is 0 Å². The Hall–Kier alpha value is -1.88. The van der Waals surface area contributed by atoms with Crippen LogP contribution in [0.3, 0.4) is 0 Å². The summed E-state index contributed by atoms with van der Waals surface area (Å²) in [5.74, 6) is -0.598. The third kappa shape index (κ3) is 50.8. The summed E-state index contributed by atoms with van der Waals surface area (Å²) in [5.41, 5.74) is 0. The van der Waals surface area contributed by atoms with Crippen LogP contribution in [0.5, 0.6) is 0 Å². The van der Waals surface area contributed by atoms with Crippen molar-refractivity contribution in [1.29, 1.82) is 0 Å². The van der Waals surface area contributed by atoms with Crippen LogP contribution in [0.25, 0.3) is 0 Å². The molecule has 0 bridgehead atoms. The fourth-order valence-corrected chi connectivity index (χ4v) is 8.34. The van der Waals surface area contributed by atoms with E-state index in [2.05, 4.69) is 50.3 Å². The van der Waals surface area contributed by atoms with Gasteiger partial charge in [-0.1, -0.05) is 275 Å². The molecule has 0 rings (SSSR count). The van der Waals surface area contributed by atoms with Gasteiger partial charge in [-0.15, -0.1) is 0 Å². The summed E-state index contributed by atoms with van der Waals surface area (Å²) in [7, 11) is 0. The van der Waals surface area contributed by atoms with Crippen LogP contribution in [0, 0.1) is 0 Å². The molecule has 0 aliphatic rings. The van der Waals surface area contributed by atoms with Gasteiger partial charge < -0.3 is 14.6 Å². The molecule has 0 amide bonds. The van der Waals surface area contributed by atoms with Crippen molar-refractivity contribution in [2.75, 3.05) is 13.2 Å². The van der Waals surface area contributed by atoms with Crippen molar-refractivity contribution in [3.63, 3.8) is 0 Å². The quantitative estimate of drug-likeness (QED) is 0.0374. The highest BCUT2D eigenvalue weighted by Gasteiger charge is 2.16. The Labute approximate surface area is 386 Å². The van der Waals surface area contributed by atoms with E-state index in [1.165, 1.54) is 199 Å². The summed E-state index contributed by atoms with van der Waals surface area (Å²) < 4.78 is 10.7. The molecule has 0 fully saturated rings. The van der Waals surface area contributed by atoms with E-state index in [0.29, 0.717) is 12.8 Å². The lowest BCUT2D eigenvalue weighted by atomic mass is 10.0. The van der Waals surface area contributed by atoms with Gasteiger partial charge in [-0.3, -0.25) is 9.59 Å². The first-order valence-corrected chi connectivity index (χ1v) is 27.5. The molecule has 0 heterocycles. The number of aliphatic hydroxyl groups is 1. The molecule has 5 nitrogen and oxygen atoms in total. The van der Waals surface area contributed by atoms with Crippen molar-refractivity contribution >= 4 is 11.9 Å². The van der Waals surface area contributed by atoms with Crippen LogP contribution in [-0.2, 0) is 19.1 Å². The second kappa shape index (κ2) is 53.5. The summed E-state index contributed by atoms with van der Waals surface area (Å²) in [4.78, 5) is 24.4. The molecule has 0 aromatic heterocycles. The summed E-state index contributed by atoms with van der Waals surface area (Å²) in [5, 5.41) is 9.61. The lowest BCUT2D eigenvalue weighted by Gasteiger charge is -2.15. The summed E-state index contributed by atoms with van der Waals surface area (Å²) in [6, 6.07) is 0. The first-order valence-electron chi connectivity index (χ1n) is 27.5. The standard InChI is InChI=1S/C57H106O5/c1-3-5-7-9-11-13-15-17-19-20-21-22-23-24-25-26-27-28-29-30-31-32-33-34-35-36-38-39-41-43-45-47-49-51-56(59)61-54-55(53-58)62-57(60)52-50-48-46-44-42-40-37-18-16-14-12-10-8-6-4-2/h6,8,12,14,18,37,55,58H,3-5,7,9-11,13,15-17,19-36,38-54H2,1-2H3/b8-6-,14-12-,37-18-. The van der Waals surface area contributed by atoms with E-state index in [-0.39, 0.29) is 25.2 Å². The zero-order chi connectivity index (χ0) is 44.9. The van der Waals surface area contributed by atoms with Crippen molar-refractivity contribution in [3.8, 4) is 0 Å². The lowest BCUT2D eigenvalue weighted by molar-refractivity contribution is -0.161. The Morgan fingerprint density at radius 1 is 0.387 bits per heavy atom. The zero-order valence-electron chi connectivity index (χ0n) is 41.6. The van der Waals surface area contributed by atoms with Crippen LogP contribution in [0.15, 0.2) is 36.5 Å². The number of allylic oxidation sites excluding steroid dienone is 6. The minimum atomic E-state index is -0.779. The third-order valence-electron chi connectivity index (χ3n) is 12.4. The van der Waals surface area contributed by atoms with Crippen molar-refractivity contribution < 1.29 is 24.2 Å². The van der Waals surface area contributed by atoms with E-state index in [4.69, 9.17) is 9.47 Å². The zero-order valence-corrected chi connectivity index (χ0v) is 41.6. The molecule has 0 radical (unpaired) electrons. The molecule has 5 heteroatoms. The average molecular weight is 871 g/mol. The van der Waals surface area contributed by atoms with Gasteiger partial charge in [0, 0.05) is 12.8 Å². The normalized spacial score (nSPS) is 12.4. The smallest absolute Gasteiger partial charge is 0.306 e. The van der Waals surface area contributed by atoms with Crippen LogP contribution in [0.1, 0.15) is 296 Å². The van der Waals surface area contributed by atoms with Gasteiger partial charge in [0.1, 0.15) is 6.61 Å². The van der Waals surface area contributed by atoms with Crippen molar-refractivity contribution in [2.24, 2.45) is 0 Å². The maximum atomic E-state index is 12.2. The predicted octanol–water partition coefficient (Wildman–Crippen LogP) is 18.3. The van der Waals surface area contributed by atoms with E-state index in [9.17, 15) is 14.7 Å². The molecule has 0 aromatic rings. The molecule has 62 heavy (non-hydrogen) atoms. The Morgan fingerprint density at radius 3 is 1.05 bits per heavy atom. The van der Waals surface area contributed by atoms with Crippen molar-refractivity contribution in [3.05, 3.63) is 36.5 Å². The number of esters is 2. The molecule has 0 aliphatic carbocycles. The number of unbranched alkanes of at least 4 members (excludes halogenated alkanes) is 37. The molecule has 0 aliphatic heterocycles. The molecular formula is C57H106O5. The minimum absolute atomic E-state index is 0.0695. The van der Waals surface area contributed by atoms with E-state index in [1.54, 1.807) is 0 Å². The number of rotatable bonds is 51. The van der Waals surface area contributed by atoms with E-state index in [0.717, 1.165) is 70.6 Å². The van der Waals surface area contributed by atoms with Crippen molar-refractivity contribution in [1.82, 2.24) is 0 Å². The van der Waals surface area contributed by atoms with E-state index >= 15 is 0 Å². The highest BCUT2D eigenvalue weighted by Crippen LogP contribution is 2.18. The Balaban J connectivity index is 3.38. The van der Waals surface area contributed by atoms with Gasteiger partial charge in [-0.25, -0.2) is 0 Å². The molecular weight excluding hydrogens is 765 g/mol. The van der Waals surface area contributed by atoms with Gasteiger partial charge >= 0.3 is 11.9 Å². The molecule has 1 atom stereocenters. The fraction of sp³-hybridized carbons (Fsp3) is 0.860. The Morgan fingerprint density at radius 2 is 0.694 bits per heavy atom. The summed E-state index contributed by atoms with van der Waals surface area (Å²) in [6.45, 7) is 4.05. The maximum absolute atomic E-state index is 12.2. The average Bonchev–Trinajstić information content (AvgIpc) is 3.28. The Bertz CT molecular complexity index is 986. The van der Waals surface area contributed by atoms with Crippen molar-refractivity contribution in [2.45, 2.75) is 302 Å². The van der Waals surface area contributed by atoms with Gasteiger partial charge in [0.05, 0.1) is 6.61 Å². The molecule has 0 saturated heterocycles. The van der Waals surface area contributed by atoms with Crippen LogP contribution in [0.2, 0.25) is 0 Å². The van der Waals surface area contributed by atoms with Crippen LogP contribution >= 0.6 is 0 Å². The van der Waals surface area contributed by atoms with Gasteiger partial charge in [-0.2, -0.15) is 0 Å². The predicted molar refractivity (Wildman–Crippen MR) is 270 cm³/mol. The summed E-state index contributed by atoms with van der Waals surface area (Å²) >= 11 is 0. The SMILES string of the molecule is CC/C=C\C/C=C\C/C=C\CCCCCCCC(=O)OC(CO)COC(=O)CCCCCCCCCCCCCCCCCCCCCCCCCCCCCCCCCCC. The third-order valence-corrected chi connectivity index (χ3v) is 12.4. The summed E-state index contributed by atoms with van der Waals surface area (Å²) in [6.07, 6.45) is 68.5. The van der Waals surface area contributed by atoms with Gasteiger partial charge in [0.15, 0.2) is 6.10 Å². The van der Waals surface area contributed by atoms with Gasteiger partial charge in [0.25, 0.3) is 0 Å². The second-order valence-corrected chi connectivity index (χ2v) is 18.6. The van der Waals surface area contributed by atoms with Gasteiger partial charge in [0.2, 0.25) is 0 Å². The monoisotopic (exact) mass is 871 g/mol. The molecule has 1 N–H and O–H groups in total. The first-order chi connectivity index (χ1) is 30.6. The molecule has 0 spiro atoms. The number of hydrogen-bond acceptors (Lipinski definition) is 5. The topological polar surface area (TPSA) is 72.8 Å². The highest BCUT2D eigenvalue weighted by atomic mass is 16.6. The minimum Gasteiger partial charge on any atom is -0.462 e. The molecule has 364 valence electrons. The lowest BCUT2D eigenvalue weighted by Crippen LogP contribution is -2.28. The van der Waals surface area contributed by atoms with E-state index < -0.39 is 6.10 Å². The second-order valence-electron chi connectivity index (χ2n) is 18.6. The molecule has 1 unspecified atom stereocenters. The van der Waals surface area contributed by atoms with Gasteiger partial charge in [-0.05, 0) is 44.9 Å². The number of carbonyl (C=O) groups excluding carboxylic acids is 2. The first kappa shape index (κ1) is 60.1. The number of aliphatic hydroxyl groups excluding tert-OH is 1. The number of hydrogen-bond donors (Lipinski definition) is 1. The van der Waals surface area contributed by atoms with Crippen LogP contribution in [0.4, 0.5) is 0 Å². The maximum Gasteiger partial charge on any atom is 0.306 e.